The molecule has 0 aliphatic heterocycles. The molecule has 9 heteroatoms. The van der Waals surface area contributed by atoms with Gasteiger partial charge in [-0.25, -0.2) is 4.99 Å². The van der Waals surface area contributed by atoms with Crippen LogP contribution in [0.1, 0.15) is 23.8 Å². The smallest absolute Gasteiger partial charge is 0.411 e. The Labute approximate surface area is 179 Å². The Bertz CT molecular complexity index is 707. The van der Waals surface area contributed by atoms with Crippen LogP contribution in [0, 0.1) is 0 Å². The maximum Gasteiger partial charge on any atom is 0.411 e. The molecule has 2 N–H and O–H groups in total. The molecule has 2 aromatic rings. The molecule has 5 nitrogen and oxygen atoms in total. The maximum absolute atomic E-state index is 12.1. The summed E-state index contributed by atoms with van der Waals surface area (Å²) in [5.74, 6) is 1.56. The molecular formula is C19H25F3IN3O2. The van der Waals surface area contributed by atoms with E-state index < -0.39 is 12.8 Å². The lowest BCUT2D eigenvalue weighted by atomic mass is 10.1. The van der Waals surface area contributed by atoms with Gasteiger partial charge in [-0.2, -0.15) is 13.2 Å². The molecule has 0 atom stereocenters. The van der Waals surface area contributed by atoms with Gasteiger partial charge >= 0.3 is 6.18 Å². The van der Waals surface area contributed by atoms with Crippen molar-refractivity contribution in [3.8, 4) is 0 Å². The standard InChI is InChI=1S/C19H24F3N3O2.HI/c1-2-23-18(24-9-8-17-7-4-10-27-17)25-12-15-5-3-6-16(11-15)13-26-14-19(20,21)22;/h3-7,10-11H,2,8-9,12-14H2,1H3,(H2,23,24,25);1H. The number of alkyl halides is 3. The molecule has 0 unspecified atom stereocenters. The zero-order valence-electron chi connectivity index (χ0n) is 15.6. The van der Waals surface area contributed by atoms with Gasteiger partial charge < -0.3 is 19.8 Å². The number of benzene rings is 1. The van der Waals surface area contributed by atoms with Crippen LogP contribution in [0.3, 0.4) is 0 Å². The van der Waals surface area contributed by atoms with Gasteiger partial charge in [0.1, 0.15) is 12.4 Å². The number of guanidine groups is 1. The summed E-state index contributed by atoms with van der Waals surface area (Å²) in [6.45, 7) is 2.44. The fourth-order valence-electron chi connectivity index (χ4n) is 2.37. The van der Waals surface area contributed by atoms with Crippen molar-refractivity contribution in [1.29, 1.82) is 0 Å². The molecule has 0 aliphatic rings. The highest BCUT2D eigenvalue weighted by Gasteiger charge is 2.27. The number of nitrogens with one attached hydrogen (secondary N) is 2. The fourth-order valence-corrected chi connectivity index (χ4v) is 2.37. The van der Waals surface area contributed by atoms with Crippen LogP contribution in [0.25, 0.3) is 0 Å². The van der Waals surface area contributed by atoms with Crippen LogP contribution in [0.4, 0.5) is 13.2 Å². The van der Waals surface area contributed by atoms with E-state index in [2.05, 4.69) is 15.6 Å². The SMILES string of the molecule is CCNC(=NCc1cccc(COCC(F)(F)F)c1)NCCc1ccco1.I. The van der Waals surface area contributed by atoms with Gasteiger partial charge in [-0.05, 0) is 30.2 Å². The third-order valence-corrected chi connectivity index (χ3v) is 3.53. The Hall–Kier alpha value is -1.75. The second kappa shape index (κ2) is 12.7. The Morgan fingerprint density at radius 3 is 2.61 bits per heavy atom. The van der Waals surface area contributed by atoms with Crippen molar-refractivity contribution in [3.63, 3.8) is 0 Å². The number of hydrogen-bond acceptors (Lipinski definition) is 3. The average Bonchev–Trinajstić information content (AvgIpc) is 3.12. The van der Waals surface area contributed by atoms with Crippen molar-refractivity contribution in [2.24, 2.45) is 4.99 Å². The summed E-state index contributed by atoms with van der Waals surface area (Å²) in [5, 5.41) is 6.38. The molecule has 0 spiro atoms. The second-order valence-corrected chi connectivity index (χ2v) is 5.88. The monoisotopic (exact) mass is 511 g/mol. The van der Waals surface area contributed by atoms with Crippen molar-refractivity contribution >= 4 is 29.9 Å². The molecule has 0 bridgehead atoms. The number of rotatable bonds is 9. The molecule has 1 aromatic heterocycles. The summed E-state index contributed by atoms with van der Waals surface area (Å²) >= 11 is 0. The molecule has 0 radical (unpaired) electrons. The molecule has 1 heterocycles. The Kier molecular flexibility index (Phi) is 11.0. The predicted octanol–water partition coefficient (Wildman–Crippen LogP) is 4.27. The van der Waals surface area contributed by atoms with Gasteiger partial charge in [-0.1, -0.05) is 24.3 Å². The van der Waals surface area contributed by atoms with Gasteiger partial charge in [0, 0.05) is 19.5 Å². The van der Waals surface area contributed by atoms with Crippen molar-refractivity contribution in [2.45, 2.75) is 32.7 Å². The number of halogens is 4. The van der Waals surface area contributed by atoms with Gasteiger partial charge in [0.15, 0.2) is 5.96 Å². The van der Waals surface area contributed by atoms with Crippen molar-refractivity contribution < 1.29 is 22.3 Å². The summed E-state index contributed by atoms with van der Waals surface area (Å²) in [6.07, 6.45) is -1.94. The summed E-state index contributed by atoms with van der Waals surface area (Å²) in [5.41, 5.74) is 1.58. The van der Waals surface area contributed by atoms with E-state index in [1.807, 2.05) is 25.1 Å². The summed E-state index contributed by atoms with van der Waals surface area (Å²) in [4.78, 5) is 4.51. The quantitative estimate of drug-likeness (QED) is 0.300. The van der Waals surface area contributed by atoms with E-state index in [0.717, 1.165) is 24.3 Å². The minimum absolute atomic E-state index is 0. The molecule has 1 aromatic carbocycles. The number of furan rings is 1. The molecule has 0 saturated heterocycles. The lowest BCUT2D eigenvalue weighted by molar-refractivity contribution is -0.176. The zero-order valence-corrected chi connectivity index (χ0v) is 17.9. The first kappa shape index (κ1) is 24.3. The summed E-state index contributed by atoms with van der Waals surface area (Å²) in [6, 6.07) is 11.0. The lowest BCUT2D eigenvalue weighted by Gasteiger charge is -2.11. The van der Waals surface area contributed by atoms with Crippen LogP contribution in [0.5, 0.6) is 0 Å². The third-order valence-electron chi connectivity index (χ3n) is 3.53. The fraction of sp³-hybridized carbons (Fsp3) is 0.421. The van der Waals surface area contributed by atoms with Gasteiger partial charge in [-0.15, -0.1) is 24.0 Å². The normalized spacial score (nSPS) is 11.8. The van der Waals surface area contributed by atoms with Crippen molar-refractivity contribution in [3.05, 3.63) is 59.5 Å². The van der Waals surface area contributed by atoms with Crippen LogP contribution in [0.2, 0.25) is 0 Å². The Morgan fingerprint density at radius 1 is 1.14 bits per heavy atom. The molecule has 2 rings (SSSR count). The highest BCUT2D eigenvalue weighted by atomic mass is 127. The van der Waals surface area contributed by atoms with Crippen molar-refractivity contribution in [1.82, 2.24) is 10.6 Å². The number of ether oxygens (including phenoxy) is 1. The van der Waals surface area contributed by atoms with Crippen LogP contribution in [-0.2, 0) is 24.3 Å². The van der Waals surface area contributed by atoms with Crippen LogP contribution in [-0.4, -0.2) is 31.8 Å². The first-order valence-electron chi connectivity index (χ1n) is 8.73. The first-order chi connectivity index (χ1) is 13.0. The summed E-state index contributed by atoms with van der Waals surface area (Å²) in [7, 11) is 0. The van der Waals surface area contributed by atoms with E-state index in [0.29, 0.717) is 24.6 Å². The van der Waals surface area contributed by atoms with Crippen LogP contribution < -0.4 is 10.6 Å². The number of nitrogens with zero attached hydrogens (tertiary/aromatic N) is 1. The van der Waals surface area contributed by atoms with Gasteiger partial charge in [0.05, 0.1) is 19.4 Å². The molecular weight excluding hydrogens is 486 g/mol. The molecule has 28 heavy (non-hydrogen) atoms. The van der Waals surface area contributed by atoms with Crippen molar-refractivity contribution in [2.75, 3.05) is 19.7 Å². The zero-order chi connectivity index (χ0) is 19.5. The molecule has 0 fully saturated rings. The lowest BCUT2D eigenvalue weighted by Crippen LogP contribution is -2.38. The number of hydrogen-bond donors (Lipinski definition) is 2. The predicted molar refractivity (Wildman–Crippen MR) is 113 cm³/mol. The van der Waals surface area contributed by atoms with E-state index >= 15 is 0 Å². The largest absolute Gasteiger partial charge is 0.469 e. The van der Waals surface area contributed by atoms with E-state index in [-0.39, 0.29) is 30.6 Å². The highest BCUT2D eigenvalue weighted by Crippen LogP contribution is 2.16. The van der Waals surface area contributed by atoms with Crippen LogP contribution in [0.15, 0.2) is 52.1 Å². The third kappa shape index (κ3) is 9.98. The maximum atomic E-state index is 12.1. The minimum Gasteiger partial charge on any atom is -0.469 e. The first-order valence-corrected chi connectivity index (χ1v) is 8.73. The van der Waals surface area contributed by atoms with E-state index in [1.165, 1.54) is 0 Å². The molecule has 156 valence electrons. The number of aliphatic imine (C=N–C) groups is 1. The second-order valence-electron chi connectivity index (χ2n) is 5.88. The topological polar surface area (TPSA) is 58.8 Å². The Morgan fingerprint density at radius 2 is 1.93 bits per heavy atom. The van der Waals surface area contributed by atoms with Crippen LogP contribution >= 0.6 is 24.0 Å². The van der Waals surface area contributed by atoms with Gasteiger partial charge in [-0.3, -0.25) is 0 Å². The van der Waals surface area contributed by atoms with Gasteiger partial charge in [0.25, 0.3) is 0 Å². The highest BCUT2D eigenvalue weighted by molar-refractivity contribution is 14.0. The van der Waals surface area contributed by atoms with E-state index in [9.17, 15) is 13.2 Å². The Balaban J connectivity index is 0.00000392. The molecule has 0 saturated carbocycles. The molecule has 0 amide bonds. The average molecular weight is 511 g/mol. The minimum atomic E-state index is -4.32. The summed E-state index contributed by atoms with van der Waals surface area (Å²) < 4.78 is 46.4. The van der Waals surface area contributed by atoms with E-state index in [1.54, 1.807) is 24.5 Å². The molecule has 0 aliphatic carbocycles. The van der Waals surface area contributed by atoms with E-state index in [4.69, 9.17) is 9.15 Å². The van der Waals surface area contributed by atoms with Gasteiger partial charge in [0.2, 0.25) is 0 Å².